The molecule has 0 aliphatic carbocycles. The highest BCUT2D eigenvalue weighted by molar-refractivity contribution is 8.26. The molecular weight excluding hydrogens is 396 g/mol. The van der Waals surface area contributed by atoms with Crippen LogP contribution in [0.4, 0.5) is 5.69 Å². The highest BCUT2D eigenvalue weighted by Crippen LogP contribution is 2.33. The standard InChI is InChI=1S/C20H18N2O4S2/c1-26-14-6-4-5-13(11-14)12-17-19(25)22(20(27)28-17)10-9-18(24)21-15-7-2-3-8-16(15)23/h2-8,11-12,23H,9-10H2,1H3,(H,21,24)/b17-12+. The zero-order chi connectivity index (χ0) is 20.1. The lowest BCUT2D eigenvalue weighted by atomic mass is 10.2. The van der Waals surface area contributed by atoms with E-state index in [9.17, 15) is 14.7 Å². The smallest absolute Gasteiger partial charge is 0.266 e. The molecule has 2 aromatic rings. The van der Waals surface area contributed by atoms with Crippen LogP contribution in [0.15, 0.2) is 53.4 Å². The number of carbonyl (C=O) groups is 2. The van der Waals surface area contributed by atoms with Gasteiger partial charge in [0, 0.05) is 13.0 Å². The van der Waals surface area contributed by atoms with Gasteiger partial charge >= 0.3 is 0 Å². The summed E-state index contributed by atoms with van der Waals surface area (Å²) in [4.78, 5) is 26.7. The van der Waals surface area contributed by atoms with Gasteiger partial charge in [-0.1, -0.05) is 48.2 Å². The molecule has 2 aromatic carbocycles. The number of nitrogens with one attached hydrogen (secondary N) is 1. The molecular formula is C20H18N2O4S2. The van der Waals surface area contributed by atoms with Crippen molar-refractivity contribution in [3.8, 4) is 11.5 Å². The van der Waals surface area contributed by atoms with Crippen molar-refractivity contribution < 1.29 is 19.4 Å². The monoisotopic (exact) mass is 414 g/mol. The Balaban J connectivity index is 1.63. The predicted molar refractivity (Wildman–Crippen MR) is 114 cm³/mol. The Kier molecular flexibility index (Phi) is 6.33. The third kappa shape index (κ3) is 4.71. The summed E-state index contributed by atoms with van der Waals surface area (Å²) in [6.45, 7) is 0.166. The first kappa shape index (κ1) is 19.9. The molecule has 0 saturated carbocycles. The SMILES string of the molecule is COc1cccc(/C=C2/SC(=S)N(CCC(=O)Nc3ccccc3O)C2=O)c1. The van der Waals surface area contributed by atoms with Gasteiger partial charge < -0.3 is 15.2 Å². The molecule has 2 N–H and O–H groups in total. The van der Waals surface area contributed by atoms with Crippen LogP contribution in [0.5, 0.6) is 11.5 Å². The van der Waals surface area contributed by atoms with Crippen LogP contribution in [-0.2, 0) is 9.59 Å². The van der Waals surface area contributed by atoms with Gasteiger partial charge in [-0.2, -0.15) is 0 Å². The Bertz CT molecular complexity index is 959. The third-order valence-electron chi connectivity index (χ3n) is 4.01. The van der Waals surface area contributed by atoms with Crippen LogP contribution in [0, 0.1) is 0 Å². The fourth-order valence-corrected chi connectivity index (χ4v) is 3.89. The van der Waals surface area contributed by atoms with Crippen LogP contribution in [0.25, 0.3) is 6.08 Å². The number of nitrogens with zero attached hydrogens (tertiary/aromatic N) is 1. The first-order chi connectivity index (χ1) is 13.5. The number of anilines is 1. The number of methoxy groups -OCH3 is 1. The zero-order valence-corrected chi connectivity index (χ0v) is 16.7. The van der Waals surface area contributed by atoms with Gasteiger partial charge in [-0.05, 0) is 35.9 Å². The summed E-state index contributed by atoms with van der Waals surface area (Å²) in [6, 6.07) is 13.8. The fraction of sp³-hybridized carbons (Fsp3) is 0.150. The molecule has 1 fully saturated rings. The van der Waals surface area contributed by atoms with Gasteiger partial charge in [-0.15, -0.1) is 0 Å². The Morgan fingerprint density at radius 3 is 2.82 bits per heavy atom. The number of phenolic OH excluding ortho intramolecular Hbond substituents is 1. The summed E-state index contributed by atoms with van der Waals surface area (Å²) >= 11 is 6.50. The lowest BCUT2D eigenvalue weighted by molar-refractivity contribution is -0.122. The lowest BCUT2D eigenvalue weighted by Crippen LogP contribution is -2.31. The molecule has 1 aliphatic rings. The van der Waals surface area contributed by atoms with Gasteiger partial charge in [-0.3, -0.25) is 14.5 Å². The summed E-state index contributed by atoms with van der Waals surface area (Å²) in [5, 5.41) is 12.3. The van der Waals surface area contributed by atoms with E-state index in [-0.39, 0.29) is 30.5 Å². The van der Waals surface area contributed by atoms with Crippen molar-refractivity contribution in [2.24, 2.45) is 0 Å². The van der Waals surface area contributed by atoms with E-state index in [0.29, 0.717) is 20.7 Å². The second-order valence-electron chi connectivity index (χ2n) is 5.93. The van der Waals surface area contributed by atoms with E-state index in [4.69, 9.17) is 17.0 Å². The Morgan fingerprint density at radius 2 is 2.07 bits per heavy atom. The molecule has 6 nitrogen and oxygen atoms in total. The van der Waals surface area contributed by atoms with Crippen molar-refractivity contribution in [1.29, 1.82) is 0 Å². The molecule has 0 radical (unpaired) electrons. The van der Waals surface area contributed by atoms with Gasteiger partial charge in [0.15, 0.2) is 0 Å². The Labute approximate surface area is 172 Å². The number of carbonyl (C=O) groups excluding carboxylic acids is 2. The minimum Gasteiger partial charge on any atom is -0.506 e. The lowest BCUT2D eigenvalue weighted by Gasteiger charge is -2.14. The zero-order valence-electron chi connectivity index (χ0n) is 15.0. The van der Waals surface area contributed by atoms with E-state index < -0.39 is 0 Å². The van der Waals surface area contributed by atoms with Gasteiger partial charge in [0.1, 0.15) is 15.8 Å². The number of aromatic hydroxyl groups is 1. The largest absolute Gasteiger partial charge is 0.506 e. The summed E-state index contributed by atoms with van der Waals surface area (Å²) in [6.07, 6.45) is 1.82. The molecule has 144 valence electrons. The summed E-state index contributed by atoms with van der Waals surface area (Å²) in [5.41, 5.74) is 1.16. The van der Waals surface area contributed by atoms with E-state index >= 15 is 0 Å². The number of hydrogen-bond donors (Lipinski definition) is 2. The molecule has 0 spiro atoms. The number of rotatable bonds is 6. The highest BCUT2D eigenvalue weighted by atomic mass is 32.2. The van der Waals surface area contributed by atoms with Crippen molar-refractivity contribution in [3.05, 3.63) is 59.0 Å². The maximum atomic E-state index is 12.6. The number of hydrogen-bond acceptors (Lipinski definition) is 6. The molecule has 8 heteroatoms. The minimum absolute atomic E-state index is 0.0114. The van der Waals surface area contributed by atoms with Crippen LogP contribution < -0.4 is 10.1 Å². The molecule has 0 aromatic heterocycles. The third-order valence-corrected chi connectivity index (χ3v) is 5.38. The molecule has 28 heavy (non-hydrogen) atoms. The second kappa shape index (κ2) is 8.90. The van der Waals surface area contributed by atoms with E-state index in [1.165, 1.54) is 22.7 Å². The summed E-state index contributed by atoms with van der Waals surface area (Å²) in [7, 11) is 1.58. The summed E-state index contributed by atoms with van der Waals surface area (Å²) < 4.78 is 5.60. The number of benzene rings is 2. The van der Waals surface area contributed by atoms with E-state index in [0.717, 1.165) is 5.56 Å². The molecule has 2 amide bonds. The highest BCUT2D eigenvalue weighted by Gasteiger charge is 2.32. The molecule has 0 bridgehead atoms. The maximum Gasteiger partial charge on any atom is 0.266 e. The van der Waals surface area contributed by atoms with Gasteiger partial charge in [0.25, 0.3) is 5.91 Å². The molecule has 1 aliphatic heterocycles. The van der Waals surface area contributed by atoms with Gasteiger partial charge in [0.2, 0.25) is 5.91 Å². The number of ether oxygens (including phenoxy) is 1. The van der Waals surface area contributed by atoms with Crippen molar-refractivity contribution >= 4 is 51.9 Å². The van der Waals surface area contributed by atoms with E-state index in [1.54, 1.807) is 31.4 Å². The number of amides is 2. The quantitative estimate of drug-likeness (QED) is 0.427. The van der Waals surface area contributed by atoms with Crippen LogP contribution in [0.3, 0.4) is 0 Å². The van der Waals surface area contributed by atoms with E-state index in [2.05, 4.69) is 5.32 Å². The molecule has 1 heterocycles. The average molecular weight is 415 g/mol. The van der Waals surface area contributed by atoms with Crippen molar-refractivity contribution in [1.82, 2.24) is 4.90 Å². The Hall–Kier alpha value is -2.84. The fourth-order valence-electron chi connectivity index (χ4n) is 2.58. The predicted octanol–water partition coefficient (Wildman–Crippen LogP) is 3.63. The van der Waals surface area contributed by atoms with Gasteiger partial charge in [0.05, 0.1) is 17.7 Å². The number of phenols is 1. The maximum absolute atomic E-state index is 12.6. The van der Waals surface area contributed by atoms with Gasteiger partial charge in [-0.25, -0.2) is 0 Å². The first-order valence-electron chi connectivity index (χ1n) is 8.45. The number of thiocarbonyl (C=S) groups is 1. The van der Waals surface area contributed by atoms with Crippen LogP contribution >= 0.6 is 24.0 Å². The average Bonchev–Trinajstić information content (AvgIpc) is 2.95. The molecule has 1 saturated heterocycles. The van der Waals surface area contributed by atoms with Crippen molar-refractivity contribution in [3.63, 3.8) is 0 Å². The topological polar surface area (TPSA) is 78.9 Å². The normalized spacial score (nSPS) is 15.2. The number of para-hydroxylation sites is 2. The molecule has 0 atom stereocenters. The second-order valence-corrected chi connectivity index (χ2v) is 7.60. The Morgan fingerprint density at radius 1 is 1.29 bits per heavy atom. The molecule has 0 unspecified atom stereocenters. The van der Waals surface area contributed by atoms with Crippen molar-refractivity contribution in [2.75, 3.05) is 19.0 Å². The summed E-state index contributed by atoms with van der Waals surface area (Å²) in [5.74, 6) is 0.147. The van der Waals surface area contributed by atoms with Crippen LogP contribution in [0.2, 0.25) is 0 Å². The van der Waals surface area contributed by atoms with E-state index in [1.807, 2.05) is 24.3 Å². The van der Waals surface area contributed by atoms with Crippen LogP contribution in [-0.4, -0.2) is 39.8 Å². The molecule has 3 rings (SSSR count). The minimum atomic E-state index is -0.313. The number of thioether (sulfide) groups is 1. The van der Waals surface area contributed by atoms with Crippen molar-refractivity contribution in [2.45, 2.75) is 6.42 Å². The first-order valence-corrected chi connectivity index (χ1v) is 9.67. The van der Waals surface area contributed by atoms with Crippen LogP contribution in [0.1, 0.15) is 12.0 Å².